The van der Waals surface area contributed by atoms with Crippen molar-refractivity contribution in [2.45, 2.75) is 31.7 Å². The second kappa shape index (κ2) is 7.07. The first-order valence-electron chi connectivity index (χ1n) is 7.13. The fourth-order valence-corrected chi connectivity index (χ4v) is 2.99. The van der Waals surface area contributed by atoms with E-state index in [9.17, 15) is 4.79 Å². The third-order valence-electron chi connectivity index (χ3n) is 3.96. The smallest absolute Gasteiger partial charge is 0.234 e. The molecule has 2 heterocycles. The summed E-state index contributed by atoms with van der Waals surface area (Å²) in [6.07, 6.45) is 5.21. The molecule has 5 nitrogen and oxygen atoms in total. The zero-order chi connectivity index (χ0) is 12.8. The van der Waals surface area contributed by atoms with Crippen LogP contribution in [0.2, 0.25) is 0 Å². The topological polar surface area (TPSA) is 55.8 Å². The summed E-state index contributed by atoms with van der Waals surface area (Å²) in [7, 11) is 0. The van der Waals surface area contributed by atoms with Gasteiger partial charge in [0.2, 0.25) is 5.91 Å². The molecule has 2 aliphatic rings. The molecule has 2 N–H and O–H groups in total. The van der Waals surface area contributed by atoms with Crippen molar-refractivity contribution in [3.63, 3.8) is 0 Å². The molecule has 1 amide bonds. The van der Waals surface area contributed by atoms with E-state index in [1.165, 1.54) is 38.8 Å². The Morgan fingerprint density at radius 2 is 2.00 bits per heavy atom. The van der Waals surface area contributed by atoms with E-state index >= 15 is 0 Å². The van der Waals surface area contributed by atoms with Crippen molar-refractivity contribution in [2.75, 3.05) is 45.9 Å². The van der Waals surface area contributed by atoms with Crippen molar-refractivity contribution in [3.05, 3.63) is 0 Å². The number of carbonyl (C=O) groups is 1. The number of hydrogen-bond acceptors (Lipinski definition) is 4. The van der Waals surface area contributed by atoms with Crippen molar-refractivity contribution in [1.29, 1.82) is 0 Å². The van der Waals surface area contributed by atoms with Gasteiger partial charge in [-0.3, -0.25) is 14.6 Å². The van der Waals surface area contributed by atoms with Gasteiger partial charge < -0.3 is 10.4 Å². The van der Waals surface area contributed by atoms with E-state index in [0.717, 1.165) is 13.1 Å². The van der Waals surface area contributed by atoms with Crippen LogP contribution < -0.4 is 5.32 Å². The zero-order valence-corrected chi connectivity index (χ0v) is 11.1. The minimum absolute atomic E-state index is 0.0160. The first-order chi connectivity index (χ1) is 8.79. The highest BCUT2D eigenvalue weighted by atomic mass is 16.3. The maximum absolute atomic E-state index is 11.6. The molecular weight excluding hydrogens is 230 g/mol. The van der Waals surface area contributed by atoms with Gasteiger partial charge in [0.25, 0.3) is 0 Å². The lowest BCUT2D eigenvalue weighted by Crippen LogP contribution is -2.42. The molecule has 5 heteroatoms. The van der Waals surface area contributed by atoms with Crippen LogP contribution in [0.1, 0.15) is 25.7 Å². The molecule has 104 valence electrons. The molecule has 0 aromatic heterocycles. The molecule has 0 saturated carbocycles. The first kappa shape index (κ1) is 13.8. The van der Waals surface area contributed by atoms with Crippen molar-refractivity contribution in [3.8, 4) is 0 Å². The van der Waals surface area contributed by atoms with Gasteiger partial charge >= 0.3 is 0 Å². The average molecular weight is 255 g/mol. The number of likely N-dealkylation sites (tertiary alicyclic amines) is 2. The SMILES string of the molecule is O=C(CN1CCC(N2CCCCC2)C1)NCCO. The van der Waals surface area contributed by atoms with Crippen LogP contribution in [-0.4, -0.2) is 72.7 Å². The highest BCUT2D eigenvalue weighted by molar-refractivity contribution is 5.78. The van der Waals surface area contributed by atoms with Gasteiger partial charge in [-0.25, -0.2) is 0 Å². The molecule has 2 aliphatic heterocycles. The summed E-state index contributed by atoms with van der Waals surface area (Å²) >= 11 is 0. The van der Waals surface area contributed by atoms with E-state index in [4.69, 9.17) is 5.11 Å². The lowest BCUT2D eigenvalue weighted by Gasteiger charge is -2.32. The Morgan fingerprint density at radius 3 is 2.72 bits per heavy atom. The molecule has 2 saturated heterocycles. The van der Waals surface area contributed by atoms with Crippen LogP contribution in [0, 0.1) is 0 Å². The predicted octanol–water partition coefficient (Wildman–Crippen LogP) is -0.345. The Bertz CT molecular complexity index is 267. The number of rotatable bonds is 5. The predicted molar refractivity (Wildman–Crippen MR) is 70.4 cm³/mol. The molecular formula is C13H25N3O2. The van der Waals surface area contributed by atoms with Gasteiger partial charge in [0.1, 0.15) is 0 Å². The van der Waals surface area contributed by atoms with E-state index in [1.54, 1.807) is 0 Å². The van der Waals surface area contributed by atoms with Gasteiger partial charge in [0, 0.05) is 25.7 Å². The fourth-order valence-electron chi connectivity index (χ4n) is 2.99. The molecule has 18 heavy (non-hydrogen) atoms. The number of aliphatic hydroxyl groups excluding tert-OH is 1. The number of hydrogen-bond donors (Lipinski definition) is 2. The summed E-state index contributed by atoms with van der Waals surface area (Å²) in [5.41, 5.74) is 0. The summed E-state index contributed by atoms with van der Waals surface area (Å²) in [5.74, 6) is 0.0309. The highest BCUT2D eigenvalue weighted by Gasteiger charge is 2.29. The van der Waals surface area contributed by atoms with Crippen molar-refractivity contribution in [1.82, 2.24) is 15.1 Å². The molecule has 0 radical (unpaired) electrons. The summed E-state index contributed by atoms with van der Waals surface area (Å²) < 4.78 is 0. The van der Waals surface area contributed by atoms with E-state index in [0.29, 0.717) is 19.1 Å². The van der Waals surface area contributed by atoms with Crippen LogP contribution >= 0.6 is 0 Å². The Balaban J connectivity index is 1.69. The number of nitrogens with one attached hydrogen (secondary N) is 1. The van der Waals surface area contributed by atoms with Crippen molar-refractivity contribution < 1.29 is 9.90 Å². The molecule has 1 atom stereocenters. The standard InChI is InChI=1S/C13H25N3O2/c17-9-5-14-13(18)11-15-8-4-12(10-15)16-6-2-1-3-7-16/h12,17H,1-11H2,(H,14,18). The van der Waals surface area contributed by atoms with E-state index in [-0.39, 0.29) is 12.5 Å². The highest BCUT2D eigenvalue weighted by Crippen LogP contribution is 2.19. The van der Waals surface area contributed by atoms with Gasteiger partial charge in [0.15, 0.2) is 0 Å². The lowest BCUT2D eigenvalue weighted by atomic mass is 10.1. The zero-order valence-electron chi connectivity index (χ0n) is 11.1. The van der Waals surface area contributed by atoms with Crippen LogP contribution in [0.3, 0.4) is 0 Å². The summed E-state index contributed by atoms with van der Waals surface area (Å²) in [4.78, 5) is 16.4. The largest absolute Gasteiger partial charge is 0.395 e. The lowest BCUT2D eigenvalue weighted by molar-refractivity contribution is -0.122. The van der Waals surface area contributed by atoms with Crippen LogP contribution in [0.25, 0.3) is 0 Å². The van der Waals surface area contributed by atoms with Gasteiger partial charge in [-0.05, 0) is 32.4 Å². The van der Waals surface area contributed by atoms with Gasteiger partial charge in [-0.1, -0.05) is 6.42 Å². The minimum Gasteiger partial charge on any atom is -0.395 e. The van der Waals surface area contributed by atoms with E-state index < -0.39 is 0 Å². The second-order valence-corrected chi connectivity index (χ2v) is 5.35. The normalized spacial score (nSPS) is 26.4. The molecule has 2 fully saturated rings. The molecule has 0 bridgehead atoms. The first-order valence-corrected chi connectivity index (χ1v) is 7.13. The number of aliphatic hydroxyl groups is 1. The minimum atomic E-state index is 0.0160. The summed E-state index contributed by atoms with van der Waals surface area (Å²) in [5, 5.41) is 11.4. The maximum atomic E-state index is 11.6. The maximum Gasteiger partial charge on any atom is 0.234 e. The Hall–Kier alpha value is -0.650. The van der Waals surface area contributed by atoms with Gasteiger partial charge in [-0.2, -0.15) is 0 Å². The molecule has 2 rings (SSSR count). The van der Waals surface area contributed by atoms with Crippen molar-refractivity contribution in [2.24, 2.45) is 0 Å². The third-order valence-corrected chi connectivity index (χ3v) is 3.96. The van der Waals surface area contributed by atoms with E-state index in [2.05, 4.69) is 15.1 Å². The molecule has 1 unspecified atom stereocenters. The Kier molecular flexibility index (Phi) is 5.41. The average Bonchev–Trinajstić information content (AvgIpc) is 2.86. The van der Waals surface area contributed by atoms with E-state index in [1.807, 2.05) is 0 Å². The molecule has 0 spiro atoms. The van der Waals surface area contributed by atoms with Crippen molar-refractivity contribution >= 4 is 5.91 Å². The number of amides is 1. The summed E-state index contributed by atoms with van der Waals surface area (Å²) in [6.45, 7) is 5.36. The Labute approximate surface area is 109 Å². The molecule has 0 aromatic rings. The van der Waals surface area contributed by atoms with Gasteiger partial charge in [-0.15, -0.1) is 0 Å². The van der Waals surface area contributed by atoms with Crippen LogP contribution in [-0.2, 0) is 4.79 Å². The second-order valence-electron chi connectivity index (χ2n) is 5.35. The Morgan fingerprint density at radius 1 is 1.22 bits per heavy atom. The summed E-state index contributed by atoms with van der Waals surface area (Å²) in [6, 6.07) is 0.649. The number of nitrogens with zero attached hydrogens (tertiary/aromatic N) is 2. The number of piperidine rings is 1. The molecule has 0 aromatic carbocycles. The quantitative estimate of drug-likeness (QED) is 0.705. The van der Waals surface area contributed by atoms with Gasteiger partial charge in [0.05, 0.1) is 13.2 Å². The molecule has 0 aliphatic carbocycles. The monoisotopic (exact) mass is 255 g/mol. The van der Waals surface area contributed by atoms with Crippen LogP contribution in [0.15, 0.2) is 0 Å². The van der Waals surface area contributed by atoms with Crippen LogP contribution in [0.5, 0.6) is 0 Å². The third kappa shape index (κ3) is 3.93. The fraction of sp³-hybridized carbons (Fsp3) is 0.923. The van der Waals surface area contributed by atoms with Crippen LogP contribution in [0.4, 0.5) is 0 Å². The number of carbonyl (C=O) groups excluding carboxylic acids is 1.